The van der Waals surface area contributed by atoms with Crippen molar-refractivity contribution in [3.8, 4) is 5.75 Å². The molecule has 10 heteroatoms. The molecule has 3 aromatic carbocycles. The largest absolute Gasteiger partial charge is 0.497 e. The number of sulfonamides is 1. The number of aryl methyl sites for hydroxylation is 1. The molecule has 0 saturated heterocycles. The van der Waals surface area contributed by atoms with E-state index in [9.17, 15) is 18.0 Å². The van der Waals surface area contributed by atoms with Crippen LogP contribution in [0.5, 0.6) is 5.75 Å². The summed E-state index contributed by atoms with van der Waals surface area (Å²) in [7, 11) is -0.723. The van der Waals surface area contributed by atoms with Gasteiger partial charge in [0.05, 0.1) is 24.2 Å². The number of nitrogens with zero attached hydrogens (tertiary/aromatic N) is 1. The highest BCUT2D eigenvalue weighted by molar-refractivity contribution is 7.92. The number of ether oxygens (including phenoxy) is 1. The first-order valence-corrected chi connectivity index (χ1v) is 11.8. The van der Waals surface area contributed by atoms with E-state index in [4.69, 9.17) is 4.74 Å². The number of methoxy groups -OCH3 is 1. The van der Waals surface area contributed by atoms with Gasteiger partial charge in [0.25, 0.3) is 21.8 Å². The van der Waals surface area contributed by atoms with E-state index in [1.807, 2.05) is 6.92 Å². The molecule has 0 unspecified atom stereocenters. The topological polar surface area (TPSA) is 117 Å². The van der Waals surface area contributed by atoms with Gasteiger partial charge < -0.3 is 10.1 Å². The molecule has 0 aliphatic heterocycles. The van der Waals surface area contributed by atoms with Crippen molar-refractivity contribution in [2.45, 2.75) is 11.8 Å². The Hall–Kier alpha value is -4.05. The third-order valence-electron chi connectivity index (χ3n) is 5.03. The van der Waals surface area contributed by atoms with Crippen molar-refractivity contribution in [1.82, 2.24) is 10.9 Å². The molecule has 0 aromatic heterocycles. The molecule has 34 heavy (non-hydrogen) atoms. The maximum absolute atomic E-state index is 12.8. The Kier molecular flexibility index (Phi) is 7.75. The van der Waals surface area contributed by atoms with Crippen LogP contribution in [0, 0.1) is 6.92 Å². The summed E-state index contributed by atoms with van der Waals surface area (Å²) in [5.74, 6) is -0.273. The second-order valence-electron chi connectivity index (χ2n) is 7.42. The predicted molar refractivity (Wildman–Crippen MR) is 130 cm³/mol. The molecule has 3 N–H and O–H groups in total. The van der Waals surface area contributed by atoms with E-state index >= 15 is 0 Å². The Balaban J connectivity index is 1.53. The maximum Gasteiger partial charge on any atom is 0.269 e. The number of amides is 2. The molecule has 0 atom stereocenters. The average molecular weight is 483 g/mol. The Morgan fingerprint density at radius 3 is 2.09 bits per heavy atom. The van der Waals surface area contributed by atoms with Crippen molar-refractivity contribution in [3.63, 3.8) is 0 Å². The average Bonchev–Trinajstić information content (AvgIpc) is 2.86. The fourth-order valence-electron chi connectivity index (χ4n) is 2.96. The lowest BCUT2D eigenvalue weighted by Gasteiger charge is -2.20. The first-order chi connectivity index (χ1) is 16.2. The van der Waals surface area contributed by atoms with Crippen molar-refractivity contribution in [2.75, 3.05) is 30.3 Å². The van der Waals surface area contributed by atoms with Crippen molar-refractivity contribution in [2.24, 2.45) is 0 Å². The summed E-state index contributed by atoms with van der Waals surface area (Å²) in [6, 6.07) is 19.6. The highest BCUT2D eigenvalue weighted by Gasteiger charge is 2.21. The van der Waals surface area contributed by atoms with Gasteiger partial charge in [0.2, 0.25) is 0 Å². The summed E-state index contributed by atoms with van der Waals surface area (Å²) in [6.07, 6.45) is 0. The minimum atomic E-state index is -3.73. The van der Waals surface area contributed by atoms with Crippen molar-refractivity contribution >= 4 is 33.2 Å². The fraction of sp³-hybridized carbons (Fsp3) is 0.167. The molecular formula is C24H26N4O5S. The Morgan fingerprint density at radius 2 is 1.50 bits per heavy atom. The van der Waals surface area contributed by atoms with E-state index in [0.717, 1.165) is 15.6 Å². The molecule has 0 aliphatic rings. The number of hydrogen-bond donors (Lipinski definition) is 3. The number of hydrogen-bond acceptors (Lipinski definition) is 6. The molecule has 2 amide bonds. The molecule has 3 aromatic rings. The summed E-state index contributed by atoms with van der Waals surface area (Å²) in [4.78, 5) is 24.5. The van der Waals surface area contributed by atoms with Gasteiger partial charge in [-0.1, -0.05) is 17.7 Å². The molecule has 0 bridgehead atoms. The summed E-state index contributed by atoms with van der Waals surface area (Å²) in [6.45, 7) is 1.83. The van der Waals surface area contributed by atoms with Gasteiger partial charge >= 0.3 is 0 Å². The highest BCUT2D eigenvalue weighted by Crippen LogP contribution is 2.22. The number of nitrogens with one attached hydrogen (secondary N) is 3. The number of hydrazine groups is 1. The van der Waals surface area contributed by atoms with Gasteiger partial charge in [0.15, 0.2) is 0 Å². The van der Waals surface area contributed by atoms with Crippen molar-refractivity contribution < 1.29 is 22.7 Å². The van der Waals surface area contributed by atoms with E-state index in [0.29, 0.717) is 11.4 Å². The molecule has 0 aliphatic carbocycles. The Bertz CT molecular complexity index is 1240. The van der Waals surface area contributed by atoms with E-state index < -0.39 is 21.8 Å². The summed E-state index contributed by atoms with van der Waals surface area (Å²) < 4.78 is 31.9. The molecule has 0 radical (unpaired) electrons. The van der Waals surface area contributed by atoms with Crippen LogP contribution in [-0.2, 0) is 14.8 Å². The fourth-order valence-corrected chi connectivity index (χ4v) is 4.16. The lowest BCUT2D eigenvalue weighted by atomic mass is 10.2. The van der Waals surface area contributed by atoms with E-state index in [-0.39, 0.29) is 17.0 Å². The highest BCUT2D eigenvalue weighted by atomic mass is 32.2. The van der Waals surface area contributed by atoms with Gasteiger partial charge in [-0.25, -0.2) is 8.42 Å². The van der Waals surface area contributed by atoms with Crippen molar-refractivity contribution in [3.05, 3.63) is 83.9 Å². The SMILES string of the molecule is COc1ccc(NCC(=O)NNC(=O)c2ccc(N(C)S(=O)(=O)c3ccc(C)cc3)cc2)cc1. The third-order valence-corrected chi connectivity index (χ3v) is 6.83. The maximum atomic E-state index is 12.8. The Labute approximate surface area is 198 Å². The predicted octanol–water partition coefficient (Wildman–Crippen LogP) is 2.70. The van der Waals surface area contributed by atoms with Crippen LogP contribution in [0.1, 0.15) is 15.9 Å². The molecule has 9 nitrogen and oxygen atoms in total. The third kappa shape index (κ3) is 6.04. The summed E-state index contributed by atoms with van der Waals surface area (Å²) in [5, 5.41) is 2.93. The van der Waals surface area contributed by atoms with Crippen LogP contribution in [0.3, 0.4) is 0 Å². The molecule has 3 rings (SSSR count). The quantitative estimate of drug-likeness (QED) is 0.425. The van der Waals surface area contributed by atoms with E-state index in [1.165, 1.54) is 31.3 Å². The molecular weight excluding hydrogens is 456 g/mol. The first-order valence-electron chi connectivity index (χ1n) is 10.3. The molecule has 0 heterocycles. The number of benzene rings is 3. The lowest BCUT2D eigenvalue weighted by Crippen LogP contribution is -2.44. The number of carbonyl (C=O) groups excluding carboxylic acids is 2. The zero-order chi connectivity index (χ0) is 24.7. The van der Waals surface area contributed by atoms with Gasteiger partial charge in [-0.3, -0.25) is 24.7 Å². The zero-order valence-corrected chi connectivity index (χ0v) is 19.8. The summed E-state index contributed by atoms with van der Waals surface area (Å²) >= 11 is 0. The molecule has 0 saturated carbocycles. The monoisotopic (exact) mass is 482 g/mol. The van der Waals surface area contributed by atoms with Gasteiger partial charge in [-0.15, -0.1) is 0 Å². The van der Waals surface area contributed by atoms with Gasteiger partial charge in [0, 0.05) is 18.3 Å². The summed E-state index contributed by atoms with van der Waals surface area (Å²) in [5.41, 5.74) is 7.00. The van der Waals surface area contributed by atoms with Crippen LogP contribution >= 0.6 is 0 Å². The first kappa shape index (κ1) is 24.6. The Morgan fingerprint density at radius 1 is 0.882 bits per heavy atom. The second kappa shape index (κ2) is 10.7. The van der Waals surface area contributed by atoms with E-state index in [2.05, 4.69) is 16.2 Å². The standard InChI is InChI=1S/C24H26N4O5S/c1-17-4-14-22(15-5-17)34(31,32)28(2)20-10-6-18(7-11-20)24(30)27-26-23(29)16-25-19-8-12-21(33-3)13-9-19/h4-15,25H,16H2,1-3H3,(H,26,29)(H,27,30). The zero-order valence-electron chi connectivity index (χ0n) is 19.0. The van der Waals surface area contributed by atoms with E-state index in [1.54, 1.807) is 55.6 Å². The molecule has 178 valence electrons. The smallest absolute Gasteiger partial charge is 0.269 e. The number of carbonyl (C=O) groups is 2. The van der Waals surface area contributed by atoms with Crippen LogP contribution in [-0.4, -0.2) is 40.9 Å². The van der Waals surface area contributed by atoms with Crippen LogP contribution in [0.25, 0.3) is 0 Å². The normalized spacial score (nSPS) is 10.8. The lowest BCUT2D eigenvalue weighted by molar-refractivity contribution is -0.120. The number of anilines is 2. The van der Waals surface area contributed by atoms with Gasteiger partial charge in [-0.05, 0) is 67.6 Å². The van der Waals surface area contributed by atoms with Gasteiger partial charge in [0.1, 0.15) is 5.75 Å². The van der Waals surface area contributed by atoms with Gasteiger partial charge in [-0.2, -0.15) is 0 Å². The molecule has 0 fully saturated rings. The van der Waals surface area contributed by atoms with Crippen molar-refractivity contribution in [1.29, 1.82) is 0 Å². The van der Waals surface area contributed by atoms with Crippen LogP contribution in [0.2, 0.25) is 0 Å². The van der Waals surface area contributed by atoms with Crippen LogP contribution < -0.4 is 25.2 Å². The number of rotatable bonds is 8. The minimum Gasteiger partial charge on any atom is -0.497 e. The minimum absolute atomic E-state index is 0.0484. The van der Waals surface area contributed by atoms with Crippen LogP contribution in [0.15, 0.2) is 77.7 Å². The van der Waals surface area contributed by atoms with Crippen LogP contribution in [0.4, 0.5) is 11.4 Å². The molecule has 0 spiro atoms. The second-order valence-corrected chi connectivity index (χ2v) is 9.39.